The molecule has 6 nitrogen and oxygen atoms in total. The van der Waals surface area contributed by atoms with Crippen molar-refractivity contribution >= 4 is 11.7 Å². The summed E-state index contributed by atoms with van der Waals surface area (Å²) in [6, 6.07) is 7.47. The summed E-state index contributed by atoms with van der Waals surface area (Å²) >= 11 is 0. The molecule has 7 heteroatoms. The highest BCUT2D eigenvalue weighted by Crippen LogP contribution is 2.24. The van der Waals surface area contributed by atoms with Gasteiger partial charge in [-0.05, 0) is 31.2 Å². The zero-order valence-corrected chi connectivity index (χ0v) is 14.6. The molecule has 1 aromatic heterocycles. The summed E-state index contributed by atoms with van der Waals surface area (Å²) < 4.78 is 18.9. The standard InChI is InChI=1S/C18H21FN4O2/c1-12-20-15(10-17(21-12)22(2)3)16-11-23(8-9-25-16)18(24)13-4-6-14(19)7-5-13/h4-7,10,16H,8-9,11H2,1-3H3/t16-/m0/s1. The van der Waals surface area contributed by atoms with Crippen LogP contribution in [0.1, 0.15) is 28.0 Å². The van der Waals surface area contributed by atoms with Crippen molar-refractivity contribution in [2.24, 2.45) is 0 Å². The molecule has 0 spiro atoms. The van der Waals surface area contributed by atoms with E-state index in [1.54, 1.807) is 4.90 Å². The van der Waals surface area contributed by atoms with E-state index in [1.165, 1.54) is 24.3 Å². The number of morpholine rings is 1. The van der Waals surface area contributed by atoms with E-state index in [9.17, 15) is 9.18 Å². The molecule has 25 heavy (non-hydrogen) atoms. The van der Waals surface area contributed by atoms with Gasteiger partial charge in [0.15, 0.2) is 0 Å². The monoisotopic (exact) mass is 344 g/mol. The van der Waals surface area contributed by atoms with Crippen LogP contribution < -0.4 is 4.90 Å². The van der Waals surface area contributed by atoms with Gasteiger partial charge in [-0.3, -0.25) is 4.79 Å². The van der Waals surface area contributed by atoms with Crippen molar-refractivity contribution in [3.8, 4) is 0 Å². The Morgan fingerprint density at radius 3 is 2.68 bits per heavy atom. The quantitative estimate of drug-likeness (QED) is 0.854. The molecule has 132 valence electrons. The number of ether oxygens (including phenoxy) is 1. The number of carbonyl (C=O) groups is 1. The lowest BCUT2D eigenvalue weighted by atomic mass is 10.1. The lowest BCUT2D eigenvalue weighted by Gasteiger charge is -2.33. The second-order valence-electron chi connectivity index (χ2n) is 6.21. The van der Waals surface area contributed by atoms with Gasteiger partial charge in [0.05, 0.1) is 18.8 Å². The van der Waals surface area contributed by atoms with E-state index >= 15 is 0 Å². The molecular weight excluding hydrogens is 323 g/mol. The molecule has 0 radical (unpaired) electrons. The van der Waals surface area contributed by atoms with Gasteiger partial charge in [-0.1, -0.05) is 0 Å². The minimum absolute atomic E-state index is 0.132. The third-order valence-electron chi connectivity index (χ3n) is 4.08. The summed E-state index contributed by atoms with van der Waals surface area (Å²) in [5, 5.41) is 0. The SMILES string of the molecule is Cc1nc([C@@H]2CN(C(=O)c3ccc(F)cc3)CCO2)cc(N(C)C)n1. The molecule has 1 saturated heterocycles. The second-order valence-corrected chi connectivity index (χ2v) is 6.21. The van der Waals surface area contributed by atoms with E-state index in [4.69, 9.17) is 4.74 Å². The van der Waals surface area contributed by atoms with Gasteiger partial charge in [-0.2, -0.15) is 0 Å². The first-order valence-corrected chi connectivity index (χ1v) is 8.13. The van der Waals surface area contributed by atoms with Crippen LogP contribution in [0.15, 0.2) is 30.3 Å². The minimum atomic E-state index is -0.357. The lowest BCUT2D eigenvalue weighted by Crippen LogP contribution is -2.42. The van der Waals surface area contributed by atoms with Crippen molar-refractivity contribution in [2.75, 3.05) is 38.7 Å². The Kier molecular flexibility index (Phi) is 4.94. The Morgan fingerprint density at radius 1 is 1.28 bits per heavy atom. The molecule has 0 aliphatic carbocycles. The van der Waals surface area contributed by atoms with Crippen LogP contribution in [0.3, 0.4) is 0 Å². The summed E-state index contributed by atoms with van der Waals surface area (Å²) in [4.78, 5) is 25.1. The predicted molar refractivity (Wildman–Crippen MR) is 92.1 cm³/mol. The van der Waals surface area contributed by atoms with Gasteiger partial charge in [0.1, 0.15) is 23.6 Å². The Balaban J connectivity index is 1.79. The number of hydrogen-bond donors (Lipinski definition) is 0. The molecular formula is C18H21FN4O2. The minimum Gasteiger partial charge on any atom is -0.368 e. The van der Waals surface area contributed by atoms with Crippen molar-refractivity contribution in [1.82, 2.24) is 14.9 Å². The number of nitrogens with zero attached hydrogens (tertiary/aromatic N) is 4. The summed E-state index contributed by atoms with van der Waals surface area (Å²) in [5.74, 6) is 0.968. The van der Waals surface area contributed by atoms with Crippen LogP contribution in [-0.4, -0.2) is 54.6 Å². The zero-order chi connectivity index (χ0) is 18.0. The zero-order valence-electron chi connectivity index (χ0n) is 14.6. The number of hydrogen-bond acceptors (Lipinski definition) is 5. The van der Waals surface area contributed by atoms with Crippen LogP contribution in [0.25, 0.3) is 0 Å². The van der Waals surface area contributed by atoms with E-state index in [2.05, 4.69) is 9.97 Å². The van der Waals surface area contributed by atoms with E-state index in [0.29, 0.717) is 31.1 Å². The largest absolute Gasteiger partial charge is 0.368 e. The van der Waals surface area contributed by atoms with Crippen LogP contribution in [0.5, 0.6) is 0 Å². The summed E-state index contributed by atoms with van der Waals surface area (Å²) in [5.41, 5.74) is 1.22. The van der Waals surface area contributed by atoms with Gasteiger partial charge in [-0.25, -0.2) is 14.4 Å². The van der Waals surface area contributed by atoms with Crippen LogP contribution in [0.2, 0.25) is 0 Å². The molecule has 0 saturated carbocycles. The Morgan fingerprint density at radius 2 is 2.00 bits per heavy atom. The van der Waals surface area contributed by atoms with Crippen LogP contribution >= 0.6 is 0 Å². The Hall–Kier alpha value is -2.54. The number of amides is 1. The van der Waals surface area contributed by atoms with Gasteiger partial charge in [0.25, 0.3) is 5.91 Å². The third kappa shape index (κ3) is 3.93. The molecule has 1 amide bonds. The smallest absolute Gasteiger partial charge is 0.254 e. The first kappa shape index (κ1) is 17.3. The maximum atomic E-state index is 13.1. The molecule has 1 atom stereocenters. The van der Waals surface area contributed by atoms with Crippen molar-refractivity contribution < 1.29 is 13.9 Å². The number of halogens is 1. The molecule has 1 aliphatic rings. The highest BCUT2D eigenvalue weighted by atomic mass is 19.1. The lowest BCUT2D eigenvalue weighted by molar-refractivity contribution is -0.0248. The fourth-order valence-corrected chi connectivity index (χ4v) is 2.76. The van der Waals surface area contributed by atoms with Gasteiger partial charge in [-0.15, -0.1) is 0 Å². The average Bonchev–Trinajstić information content (AvgIpc) is 2.61. The topological polar surface area (TPSA) is 58.6 Å². The van der Waals surface area contributed by atoms with Gasteiger partial charge >= 0.3 is 0 Å². The average molecular weight is 344 g/mol. The van der Waals surface area contributed by atoms with Gasteiger partial charge in [0, 0.05) is 32.3 Å². The molecule has 2 heterocycles. The first-order valence-electron chi connectivity index (χ1n) is 8.13. The normalized spacial score (nSPS) is 17.4. The Labute approximate surface area is 146 Å². The molecule has 1 aliphatic heterocycles. The molecule has 0 bridgehead atoms. The number of aromatic nitrogens is 2. The van der Waals surface area contributed by atoms with E-state index in [-0.39, 0.29) is 17.8 Å². The van der Waals surface area contributed by atoms with Gasteiger partial charge < -0.3 is 14.5 Å². The predicted octanol–water partition coefficient (Wildman–Crippen LogP) is 2.20. The number of aryl methyl sites for hydroxylation is 1. The number of anilines is 1. The molecule has 3 rings (SSSR count). The van der Waals surface area contributed by atoms with Crippen LogP contribution in [0, 0.1) is 12.7 Å². The maximum absolute atomic E-state index is 13.1. The summed E-state index contributed by atoms with van der Waals surface area (Å²) in [6.45, 7) is 3.16. The van der Waals surface area contributed by atoms with Crippen molar-refractivity contribution in [1.29, 1.82) is 0 Å². The van der Waals surface area contributed by atoms with Crippen molar-refractivity contribution in [3.63, 3.8) is 0 Å². The van der Waals surface area contributed by atoms with E-state index in [1.807, 2.05) is 32.0 Å². The first-order chi connectivity index (χ1) is 11.9. The van der Waals surface area contributed by atoms with Crippen molar-refractivity contribution in [3.05, 3.63) is 53.2 Å². The maximum Gasteiger partial charge on any atom is 0.254 e. The van der Waals surface area contributed by atoms with Crippen LogP contribution in [0.4, 0.5) is 10.2 Å². The second kappa shape index (κ2) is 7.14. The number of carbonyl (C=O) groups excluding carboxylic acids is 1. The van der Waals surface area contributed by atoms with Gasteiger partial charge in [0.2, 0.25) is 0 Å². The number of rotatable bonds is 3. The number of benzene rings is 1. The van der Waals surface area contributed by atoms with Crippen molar-refractivity contribution in [2.45, 2.75) is 13.0 Å². The van der Waals surface area contributed by atoms with Crippen LogP contribution in [-0.2, 0) is 4.74 Å². The summed E-state index contributed by atoms with van der Waals surface area (Å²) in [6.07, 6.45) is -0.307. The van der Waals surface area contributed by atoms with E-state index < -0.39 is 0 Å². The molecule has 0 N–H and O–H groups in total. The molecule has 0 unspecified atom stereocenters. The molecule has 1 aromatic carbocycles. The molecule has 2 aromatic rings. The third-order valence-corrected chi connectivity index (χ3v) is 4.08. The van der Waals surface area contributed by atoms with E-state index in [0.717, 1.165) is 11.5 Å². The molecule has 1 fully saturated rings. The highest BCUT2D eigenvalue weighted by molar-refractivity contribution is 5.94. The fraction of sp³-hybridized carbons (Fsp3) is 0.389. The summed E-state index contributed by atoms with van der Waals surface area (Å²) in [7, 11) is 3.83. The fourth-order valence-electron chi connectivity index (χ4n) is 2.76. The highest BCUT2D eigenvalue weighted by Gasteiger charge is 2.27. The Bertz CT molecular complexity index is 764.